The molecule has 0 spiro atoms. The van der Waals surface area contributed by atoms with Crippen molar-refractivity contribution in [2.45, 2.75) is 5.92 Å². The second-order valence-corrected chi connectivity index (χ2v) is 6.70. The molecule has 1 N–H and O–H groups in total. The van der Waals surface area contributed by atoms with Crippen molar-refractivity contribution in [1.29, 1.82) is 0 Å². The number of hydrogen-bond donors (Lipinski definition) is 1. The van der Waals surface area contributed by atoms with Gasteiger partial charge in [-0.1, -0.05) is 41.9 Å². The van der Waals surface area contributed by atoms with E-state index < -0.39 is 11.9 Å². The second-order valence-electron chi connectivity index (χ2n) is 6.27. The van der Waals surface area contributed by atoms with E-state index >= 15 is 0 Å². The van der Waals surface area contributed by atoms with Gasteiger partial charge in [0.15, 0.2) is 5.69 Å². The lowest BCUT2D eigenvalue weighted by molar-refractivity contribution is -0.133. The van der Waals surface area contributed by atoms with Crippen LogP contribution in [0.4, 0.5) is 0 Å². The molecule has 0 saturated heterocycles. The Hall–Kier alpha value is -3.38. The van der Waals surface area contributed by atoms with Crippen LogP contribution in [0.25, 0.3) is 11.3 Å². The molecule has 1 aliphatic carbocycles. The van der Waals surface area contributed by atoms with E-state index in [1.54, 1.807) is 16.8 Å². The van der Waals surface area contributed by atoms with Crippen LogP contribution in [-0.2, 0) is 9.53 Å². The summed E-state index contributed by atoms with van der Waals surface area (Å²) in [6.45, 7) is 0. The molecule has 1 aromatic carbocycles. The van der Waals surface area contributed by atoms with Crippen molar-refractivity contribution in [3.05, 3.63) is 88.5 Å². The van der Waals surface area contributed by atoms with Crippen LogP contribution in [0, 0.1) is 0 Å². The van der Waals surface area contributed by atoms with Crippen molar-refractivity contribution in [1.82, 2.24) is 9.55 Å². The van der Waals surface area contributed by atoms with Gasteiger partial charge in [0.05, 0.1) is 23.4 Å². The van der Waals surface area contributed by atoms with Gasteiger partial charge in [0.1, 0.15) is 0 Å². The first-order valence-corrected chi connectivity index (χ1v) is 8.85. The SMILES string of the molecule is COC(=O)C1=CC(c2cccn2-c2cc(Cl)cnc2C(=O)O)c2ccccc21. The summed E-state index contributed by atoms with van der Waals surface area (Å²) in [6.07, 6.45) is 4.89. The summed E-state index contributed by atoms with van der Waals surface area (Å²) in [5.74, 6) is -1.81. The van der Waals surface area contributed by atoms with Gasteiger partial charge < -0.3 is 14.4 Å². The van der Waals surface area contributed by atoms with Crippen LogP contribution < -0.4 is 0 Å². The zero-order valence-corrected chi connectivity index (χ0v) is 15.6. The van der Waals surface area contributed by atoms with Crippen molar-refractivity contribution in [2.75, 3.05) is 7.11 Å². The monoisotopic (exact) mass is 394 g/mol. The van der Waals surface area contributed by atoms with Crippen LogP contribution in [0.15, 0.2) is 60.9 Å². The standard InChI is InChI=1S/C21H15ClN2O4/c1-28-21(27)16-10-15(13-5-2-3-6-14(13)16)17-7-4-8-24(17)18-9-12(22)11-23-19(18)20(25)26/h2-11,15H,1H3,(H,25,26). The van der Waals surface area contributed by atoms with Crippen molar-refractivity contribution < 1.29 is 19.4 Å². The fourth-order valence-corrected chi connectivity index (χ4v) is 3.69. The summed E-state index contributed by atoms with van der Waals surface area (Å²) >= 11 is 6.07. The van der Waals surface area contributed by atoms with E-state index in [2.05, 4.69) is 4.98 Å². The number of rotatable bonds is 4. The minimum atomic E-state index is -1.15. The molecule has 0 fully saturated rings. The first kappa shape index (κ1) is 18.0. The number of nitrogens with zero attached hydrogens (tertiary/aromatic N) is 2. The lowest BCUT2D eigenvalue weighted by Crippen LogP contribution is -2.11. The van der Waals surface area contributed by atoms with Gasteiger partial charge in [-0.25, -0.2) is 14.6 Å². The molecule has 2 aromatic heterocycles. The largest absolute Gasteiger partial charge is 0.476 e. The molecule has 1 atom stereocenters. The Kier molecular flexibility index (Phi) is 4.49. The Morgan fingerprint density at radius 1 is 1.21 bits per heavy atom. The number of carbonyl (C=O) groups is 2. The van der Waals surface area contributed by atoms with E-state index in [0.717, 1.165) is 16.8 Å². The maximum Gasteiger partial charge on any atom is 0.356 e. The maximum absolute atomic E-state index is 12.2. The van der Waals surface area contributed by atoms with E-state index in [1.807, 2.05) is 42.5 Å². The fraction of sp³-hybridized carbons (Fsp3) is 0.0952. The first-order chi connectivity index (χ1) is 13.5. The summed E-state index contributed by atoms with van der Waals surface area (Å²) in [7, 11) is 1.35. The van der Waals surface area contributed by atoms with Crippen LogP contribution in [-0.4, -0.2) is 33.7 Å². The number of carboxylic acids is 1. The smallest absolute Gasteiger partial charge is 0.356 e. The molecule has 7 heteroatoms. The van der Waals surface area contributed by atoms with E-state index in [9.17, 15) is 14.7 Å². The Labute approximate surface area is 165 Å². The highest BCUT2D eigenvalue weighted by atomic mass is 35.5. The third-order valence-electron chi connectivity index (χ3n) is 4.72. The number of benzene rings is 1. The normalized spacial score (nSPS) is 15.1. The number of pyridine rings is 1. The Morgan fingerprint density at radius 3 is 2.75 bits per heavy atom. The number of carbonyl (C=O) groups excluding carboxylic acids is 1. The molecular weight excluding hydrogens is 380 g/mol. The highest BCUT2D eigenvalue weighted by Crippen LogP contribution is 2.41. The van der Waals surface area contributed by atoms with Crippen LogP contribution in [0.5, 0.6) is 0 Å². The molecule has 28 heavy (non-hydrogen) atoms. The first-order valence-electron chi connectivity index (χ1n) is 8.47. The number of aromatic carboxylic acids is 1. The number of esters is 1. The molecule has 2 heterocycles. The Bertz CT molecular complexity index is 1130. The van der Waals surface area contributed by atoms with Crippen molar-refractivity contribution >= 4 is 29.1 Å². The number of carboxylic acid groups (broad SMARTS) is 1. The Balaban J connectivity index is 1.90. The number of hydrogen-bond acceptors (Lipinski definition) is 4. The summed E-state index contributed by atoms with van der Waals surface area (Å²) in [5, 5.41) is 9.85. The van der Waals surface area contributed by atoms with Gasteiger partial charge in [0, 0.05) is 24.0 Å². The number of methoxy groups -OCH3 is 1. The molecule has 4 rings (SSSR count). The van der Waals surface area contributed by atoms with E-state index in [1.165, 1.54) is 13.3 Å². The number of allylic oxidation sites excluding steroid dienone is 1. The summed E-state index contributed by atoms with van der Waals surface area (Å²) in [4.78, 5) is 27.8. The number of fused-ring (bicyclic) bond motifs is 1. The molecule has 3 aromatic rings. The van der Waals surface area contributed by atoms with Crippen LogP contribution in [0.2, 0.25) is 5.02 Å². The summed E-state index contributed by atoms with van der Waals surface area (Å²) in [5.41, 5.74) is 3.27. The average molecular weight is 395 g/mol. The van der Waals surface area contributed by atoms with E-state index in [-0.39, 0.29) is 11.6 Å². The van der Waals surface area contributed by atoms with Gasteiger partial charge in [-0.2, -0.15) is 0 Å². The fourth-order valence-electron chi connectivity index (χ4n) is 3.54. The lowest BCUT2D eigenvalue weighted by Gasteiger charge is -2.16. The highest BCUT2D eigenvalue weighted by molar-refractivity contribution is 6.30. The second kappa shape index (κ2) is 6.98. The molecule has 0 aliphatic heterocycles. The lowest BCUT2D eigenvalue weighted by atomic mass is 9.97. The highest BCUT2D eigenvalue weighted by Gasteiger charge is 2.30. The molecular formula is C21H15ClN2O4. The predicted octanol–water partition coefficient (Wildman–Crippen LogP) is 3.93. The topological polar surface area (TPSA) is 81.4 Å². The molecule has 0 saturated carbocycles. The molecule has 1 unspecified atom stereocenters. The molecule has 6 nitrogen and oxygen atoms in total. The number of ether oxygens (including phenoxy) is 1. The van der Waals surface area contributed by atoms with Crippen molar-refractivity contribution in [2.24, 2.45) is 0 Å². The number of aromatic nitrogens is 2. The van der Waals surface area contributed by atoms with Gasteiger partial charge >= 0.3 is 11.9 Å². The van der Waals surface area contributed by atoms with Crippen molar-refractivity contribution in [3.8, 4) is 5.69 Å². The van der Waals surface area contributed by atoms with Crippen molar-refractivity contribution in [3.63, 3.8) is 0 Å². The molecule has 140 valence electrons. The van der Waals surface area contributed by atoms with Crippen LogP contribution in [0.1, 0.15) is 33.2 Å². The van der Waals surface area contributed by atoms with Crippen LogP contribution in [0.3, 0.4) is 0 Å². The summed E-state index contributed by atoms with van der Waals surface area (Å²) < 4.78 is 6.66. The quantitative estimate of drug-likeness (QED) is 0.678. The van der Waals surface area contributed by atoms with Gasteiger partial charge in [-0.15, -0.1) is 0 Å². The molecule has 1 aliphatic rings. The number of halogens is 1. The van der Waals surface area contributed by atoms with Gasteiger partial charge in [-0.3, -0.25) is 0 Å². The molecule has 0 radical (unpaired) electrons. The minimum absolute atomic E-state index is 0.106. The van der Waals surface area contributed by atoms with Gasteiger partial charge in [0.2, 0.25) is 0 Å². The van der Waals surface area contributed by atoms with Crippen LogP contribution >= 0.6 is 11.6 Å². The molecule has 0 bridgehead atoms. The maximum atomic E-state index is 12.2. The van der Waals surface area contributed by atoms with E-state index in [4.69, 9.17) is 16.3 Å². The predicted molar refractivity (Wildman–Crippen MR) is 104 cm³/mol. The van der Waals surface area contributed by atoms with E-state index in [0.29, 0.717) is 16.3 Å². The Morgan fingerprint density at radius 2 is 2.00 bits per heavy atom. The zero-order chi connectivity index (χ0) is 19.8. The third kappa shape index (κ3) is 2.88. The third-order valence-corrected chi connectivity index (χ3v) is 4.93. The van der Waals surface area contributed by atoms with Gasteiger partial charge in [0.25, 0.3) is 0 Å². The summed E-state index contributed by atoms with van der Waals surface area (Å²) in [6, 6.07) is 12.8. The molecule has 0 amide bonds. The minimum Gasteiger partial charge on any atom is -0.476 e. The zero-order valence-electron chi connectivity index (χ0n) is 14.8. The average Bonchev–Trinajstić information content (AvgIpc) is 3.31. The van der Waals surface area contributed by atoms with Gasteiger partial charge in [-0.05, 0) is 29.3 Å².